The molecular formula is C18H15ClN2O3. The van der Waals surface area contributed by atoms with E-state index in [1.54, 1.807) is 55.7 Å². The van der Waals surface area contributed by atoms with Gasteiger partial charge in [0.1, 0.15) is 0 Å². The number of amides is 1. The fourth-order valence-electron chi connectivity index (χ4n) is 2.80. The maximum Gasteiger partial charge on any atom is 0.294 e. The Balaban J connectivity index is 2.16. The summed E-state index contributed by atoms with van der Waals surface area (Å²) >= 11 is 5.91. The summed E-state index contributed by atoms with van der Waals surface area (Å²) < 4.78 is 0. The van der Waals surface area contributed by atoms with E-state index in [4.69, 9.17) is 11.6 Å². The lowest BCUT2D eigenvalue weighted by Crippen LogP contribution is -2.31. The van der Waals surface area contributed by atoms with Gasteiger partial charge >= 0.3 is 0 Å². The van der Waals surface area contributed by atoms with Gasteiger partial charge in [-0.3, -0.25) is 19.5 Å². The molecule has 2 aromatic rings. The number of Topliss-reactive ketones (excluding diaryl/α,β-unsaturated/α-hetero) is 1. The fourth-order valence-corrected chi connectivity index (χ4v) is 2.93. The minimum Gasteiger partial charge on any atom is -0.503 e. The van der Waals surface area contributed by atoms with Crippen LogP contribution < -0.4 is 4.90 Å². The van der Waals surface area contributed by atoms with E-state index >= 15 is 0 Å². The molecule has 0 aliphatic carbocycles. The van der Waals surface area contributed by atoms with Crippen LogP contribution in [-0.2, 0) is 9.59 Å². The van der Waals surface area contributed by atoms with Crippen LogP contribution in [0.4, 0.5) is 5.69 Å². The highest BCUT2D eigenvalue weighted by atomic mass is 35.5. The molecule has 1 aliphatic heterocycles. The predicted molar refractivity (Wildman–Crippen MR) is 90.9 cm³/mol. The zero-order chi connectivity index (χ0) is 17.3. The monoisotopic (exact) mass is 342 g/mol. The van der Waals surface area contributed by atoms with Crippen LogP contribution in [0.1, 0.15) is 24.9 Å². The lowest BCUT2D eigenvalue weighted by atomic mass is 9.96. The molecule has 0 saturated carbocycles. The number of carbonyl (C=O) groups is 2. The summed E-state index contributed by atoms with van der Waals surface area (Å²) in [7, 11) is 0. The first-order valence-electron chi connectivity index (χ1n) is 7.50. The number of aliphatic hydroxyl groups is 1. The van der Waals surface area contributed by atoms with Crippen molar-refractivity contribution in [2.75, 3.05) is 4.90 Å². The number of aromatic nitrogens is 1. The summed E-state index contributed by atoms with van der Waals surface area (Å²) in [6.45, 7) is 1.69. The summed E-state index contributed by atoms with van der Waals surface area (Å²) in [5.74, 6) is -1.39. The third-order valence-corrected chi connectivity index (χ3v) is 4.19. The second-order valence-corrected chi connectivity index (χ2v) is 5.82. The van der Waals surface area contributed by atoms with Crippen molar-refractivity contribution in [3.8, 4) is 0 Å². The molecule has 5 nitrogen and oxygen atoms in total. The molecule has 0 saturated heterocycles. The summed E-state index contributed by atoms with van der Waals surface area (Å²) in [4.78, 5) is 30.4. The van der Waals surface area contributed by atoms with Gasteiger partial charge in [-0.05, 0) is 35.9 Å². The molecule has 0 radical (unpaired) electrons. The molecule has 1 amide bonds. The zero-order valence-electron chi connectivity index (χ0n) is 12.9. The first kappa shape index (κ1) is 16.2. The van der Waals surface area contributed by atoms with E-state index in [9.17, 15) is 14.7 Å². The summed E-state index contributed by atoms with van der Waals surface area (Å²) in [5.41, 5.74) is 1.30. The average Bonchev–Trinajstić information content (AvgIpc) is 2.87. The zero-order valence-corrected chi connectivity index (χ0v) is 13.7. The topological polar surface area (TPSA) is 70.5 Å². The number of nitrogens with zero attached hydrogens (tertiary/aromatic N) is 2. The standard InChI is InChI=1S/C18H15ClN2O3/c1-2-14(22)15-16(11-4-3-9-20-10-11)21(18(24)17(15)23)13-7-5-12(19)6-8-13/h3-10,16,23H,2H2,1H3. The van der Waals surface area contributed by atoms with Crippen molar-refractivity contribution in [2.24, 2.45) is 0 Å². The van der Waals surface area contributed by atoms with Gasteiger partial charge in [0, 0.05) is 29.5 Å². The number of rotatable bonds is 4. The smallest absolute Gasteiger partial charge is 0.294 e. The average molecular weight is 343 g/mol. The quantitative estimate of drug-likeness (QED) is 0.921. The Morgan fingerprint density at radius 3 is 2.58 bits per heavy atom. The van der Waals surface area contributed by atoms with Crippen molar-refractivity contribution >= 4 is 29.0 Å². The molecular weight excluding hydrogens is 328 g/mol. The number of pyridine rings is 1. The maximum absolute atomic E-state index is 12.6. The number of hydrogen-bond donors (Lipinski definition) is 1. The van der Waals surface area contributed by atoms with Crippen LogP contribution in [-0.4, -0.2) is 21.8 Å². The molecule has 3 rings (SSSR count). The van der Waals surface area contributed by atoms with Gasteiger partial charge in [-0.2, -0.15) is 0 Å². The van der Waals surface area contributed by atoms with E-state index in [0.29, 0.717) is 16.3 Å². The first-order valence-corrected chi connectivity index (χ1v) is 7.87. The Hall–Kier alpha value is -2.66. The van der Waals surface area contributed by atoms with Crippen LogP contribution >= 0.6 is 11.6 Å². The van der Waals surface area contributed by atoms with Crippen molar-refractivity contribution in [3.63, 3.8) is 0 Å². The summed E-state index contributed by atoms with van der Waals surface area (Å²) in [5, 5.41) is 10.8. The first-order chi connectivity index (χ1) is 11.5. The van der Waals surface area contributed by atoms with E-state index in [1.165, 1.54) is 4.90 Å². The molecule has 0 spiro atoms. The molecule has 1 atom stereocenters. The fraction of sp³-hybridized carbons (Fsp3) is 0.167. The molecule has 1 unspecified atom stereocenters. The Labute approximate surface area is 144 Å². The van der Waals surface area contributed by atoms with E-state index in [0.717, 1.165) is 0 Å². The summed E-state index contributed by atoms with van der Waals surface area (Å²) in [6, 6.07) is 9.45. The van der Waals surface area contributed by atoms with Crippen molar-refractivity contribution in [2.45, 2.75) is 19.4 Å². The lowest BCUT2D eigenvalue weighted by Gasteiger charge is -2.26. The number of anilines is 1. The highest BCUT2D eigenvalue weighted by Crippen LogP contribution is 2.41. The second kappa shape index (κ2) is 6.45. The third kappa shape index (κ3) is 2.67. The number of hydrogen-bond acceptors (Lipinski definition) is 4. The van der Waals surface area contributed by atoms with Crippen LogP contribution in [0.25, 0.3) is 0 Å². The molecule has 122 valence electrons. The van der Waals surface area contributed by atoms with Gasteiger partial charge < -0.3 is 5.11 Å². The minimum atomic E-state index is -0.708. The van der Waals surface area contributed by atoms with Gasteiger partial charge in [-0.1, -0.05) is 24.6 Å². The van der Waals surface area contributed by atoms with Crippen molar-refractivity contribution in [3.05, 3.63) is 70.7 Å². The molecule has 1 aromatic carbocycles. The van der Waals surface area contributed by atoms with Crippen LogP contribution in [0, 0.1) is 0 Å². The third-order valence-electron chi connectivity index (χ3n) is 3.93. The Kier molecular flexibility index (Phi) is 4.36. The molecule has 1 aromatic heterocycles. The second-order valence-electron chi connectivity index (χ2n) is 5.38. The Bertz CT molecular complexity index is 816. The van der Waals surface area contributed by atoms with Gasteiger partial charge in [0.15, 0.2) is 11.5 Å². The highest BCUT2D eigenvalue weighted by molar-refractivity contribution is 6.30. The van der Waals surface area contributed by atoms with Gasteiger partial charge in [-0.25, -0.2) is 0 Å². The minimum absolute atomic E-state index is 0.102. The van der Waals surface area contributed by atoms with Crippen molar-refractivity contribution in [1.82, 2.24) is 4.98 Å². The number of halogens is 1. The number of carbonyl (C=O) groups excluding carboxylic acids is 2. The largest absolute Gasteiger partial charge is 0.503 e. The van der Waals surface area contributed by atoms with Crippen LogP contribution in [0.2, 0.25) is 5.02 Å². The Morgan fingerprint density at radius 1 is 1.29 bits per heavy atom. The van der Waals surface area contributed by atoms with Gasteiger partial charge in [0.25, 0.3) is 5.91 Å². The lowest BCUT2D eigenvalue weighted by molar-refractivity contribution is -0.118. The maximum atomic E-state index is 12.6. The van der Waals surface area contributed by atoms with Crippen LogP contribution in [0.3, 0.4) is 0 Å². The molecule has 6 heteroatoms. The van der Waals surface area contributed by atoms with E-state index < -0.39 is 17.7 Å². The molecule has 1 N–H and O–H groups in total. The predicted octanol–water partition coefficient (Wildman–Crippen LogP) is 3.61. The van der Waals surface area contributed by atoms with Gasteiger partial charge in [0.2, 0.25) is 0 Å². The Morgan fingerprint density at radius 2 is 2.00 bits per heavy atom. The molecule has 2 heterocycles. The van der Waals surface area contributed by atoms with Gasteiger partial charge in [-0.15, -0.1) is 0 Å². The van der Waals surface area contributed by atoms with E-state index in [2.05, 4.69) is 4.98 Å². The van der Waals surface area contributed by atoms with E-state index in [1.807, 2.05) is 0 Å². The van der Waals surface area contributed by atoms with Gasteiger partial charge in [0.05, 0.1) is 11.6 Å². The van der Waals surface area contributed by atoms with E-state index in [-0.39, 0.29) is 17.8 Å². The SMILES string of the molecule is CCC(=O)C1=C(O)C(=O)N(c2ccc(Cl)cc2)C1c1cccnc1. The molecule has 24 heavy (non-hydrogen) atoms. The summed E-state index contributed by atoms with van der Waals surface area (Å²) in [6.07, 6.45) is 3.39. The number of ketones is 1. The normalized spacial score (nSPS) is 17.5. The molecule has 1 aliphatic rings. The number of benzene rings is 1. The highest BCUT2D eigenvalue weighted by Gasteiger charge is 2.43. The van der Waals surface area contributed by atoms with Crippen LogP contribution in [0.5, 0.6) is 0 Å². The molecule has 0 bridgehead atoms. The number of aliphatic hydroxyl groups excluding tert-OH is 1. The van der Waals surface area contributed by atoms with Crippen LogP contribution in [0.15, 0.2) is 60.1 Å². The molecule has 0 fully saturated rings. The van der Waals surface area contributed by atoms with Crippen molar-refractivity contribution < 1.29 is 14.7 Å². The van der Waals surface area contributed by atoms with Crippen molar-refractivity contribution in [1.29, 1.82) is 0 Å².